The van der Waals surface area contributed by atoms with Crippen LogP contribution in [0.5, 0.6) is 0 Å². The van der Waals surface area contributed by atoms with E-state index < -0.39 is 0 Å². The molecule has 0 aliphatic carbocycles. The van der Waals surface area contributed by atoms with Crippen molar-refractivity contribution in [3.05, 3.63) is 11.1 Å². The van der Waals surface area contributed by atoms with Crippen LogP contribution in [-0.4, -0.2) is 23.9 Å². The predicted molar refractivity (Wildman–Crippen MR) is 74.1 cm³/mol. The van der Waals surface area contributed by atoms with E-state index in [1.54, 1.807) is 18.3 Å². The number of ketones is 1. The van der Waals surface area contributed by atoms with Crippen LogP contribution in [0.25, 0.3) is 0 Å². The summed E-state index contributed by atoms with van der Waals surface area (Å²) >= 11 is 1.57. The van der Waals surface area contributed by atoms with Gasteiger partial charge in [0.15, 0.2) is 10.9 Å². The van der Waals surface area contributed by atoms with E-state index in [-0.39, 0.29) is 5.78 Å². The first kappa shape index (κ1) is 14.2. The van der Waals surface area contributed by atoms with E-state index in [0.29, 0.717) is 11.6 Å². The Hall–Kier alpha value is -0.900. The second kappa shape index (κ2) is 6.74. The minimum absolute atomic E-state index is 0.0473. The standard InChI is InChI=1S/C13H22N2OS/c1-5-11(6-2)8-15(7-3)13-14-12(9-17-13)10(4)16/h9,11H,5-8H2,1-4H3. The van der Waals surface area contributed by atoms with Crippen LogP contribution < -0.4 is 4.90 Å². The predicted octanol–water partition coefficient (Wildman–Crippen LogP) is 3.61. The molecule has 1 aromatic heterocycles. The molecular formula is C13H22N2OS. The summed E-state index contributed by atoms with van der Waals surface area (Å²) in [7, 11) is 0. The van der Waals surface area contributed by atoms with Crippen LogP contribution in [0.1, 0.15) is 51.0 Å². The van der Waals surface area contributed by atoms with Gasteiger partial charge in [-0.05, 0) is 12.8 Å². The number of carbonyl (C=O) groups is 1. The lowest BCUT2D eigenvalue weighted by atomic mass is 10.0. The fourth-order valence-corrected chi connectivity index (χ4v) is 2.71. The largest absolute Gasteiger partial charge is 0.348 e. The van der Waals surface area contributed by atoms with Gasteiger partial charge < -0.3 is 4.90 Å². The van der Waals surface area contributed by atoms with Gasteiger partial charge in [-0.3, -0.25) is 4.79 Å². The van der Waals surface area contributed by atoms with Crippen LogP contribution in [0, 0.1) is 5.92 Å². The van der Waals surface area contributed by atoms with Crippen LogP contribution >= 0.6 is 11.3 Å². The van der Waals surface area contributed by atoms with E-state index in [9.17, 15) is 4.79 Å². The molecule has 17 heavy (non-hydrogen) atoms. The minimum Gasteiger partial charge on any atom is -0.348 e. The monoisotopic (exact) mass is 254 g/mol. The molecule has 0 aromatic carbocycles. The first-order valence-corrected chi connectivity index (χ1v) is 7.21. The van der Waals surface area contributed by atoms with Crippen molar-refractivity contribution in [2.75, 3.05) is 18.0 Å². The Morgan fingerprint density at radius 3 is 2.47 bits per heavy atom. The van der Waals surface area contributed by atoms with E-state index in [4.69, 9.17) is 0 Å². The summed E-state index contributed by atoms with van der Waals surface area (Å²) < 4.78 is 0. The number of aromatic nitrogens is 1. The normalized spacial score (nSPS) is 10.9. The molecule has 0 bridgehead atoms. The Morgan fingerprint density at radius 1 is 1.41 bits per heavy atom. The van der Waals surface area contributed by atoms with E-state index in [1.165, 1.54) is 12.8 Å². The summed E-state index contributed by atoms with van der Waals surface area (Å²) in [6.07, 6.45) is 2.38. The van der Waals surface area contributed by atoms with Crippen molar-refractivity contribution >= 4 is 22.3 Å². The van der Waals surface area contributed by atoms with Gasteiger partial charge in [0.1, 0.15) is 5.69 Å². The Morgan fingerprint density at radius 2 is 2.06 bits per heavy atom. The molecule has 0 fully saturated rings. The van der Waals surface area contributed by atoms with E-state index in [1.807, 2.05) is 5.38 Å². The lowest BCUT2D eigenvalue weighted by Gasteiger charge is -2.24. The molecule has 0 saturated heterocycles. The molecule has 4 heteroatoms. The molecule has 3 nitrogen and oxygen atoms in total. The fraction of sp³-hybridized carbons (Fsp3) is 0.692. The number of rotatable bonds is 7. The van der Waals surface area contributed by atoms with Gasteiger partial charge in [-0.1, -0.05) is 26.7 Å². The lowest BCUT2D eigenvalue weighted by molar-refractivity contribution is 0.101. The maximum Gasteiger partial charge on any atom is 0.185 e. The van der Waals surface area contributed by atoms with Gasteiger partial charge in [-0.25, -0.2) is 4.98 Å². The number of hydrogen-bond donors (Lipinski definition) is 0. The van der Waals surface area contributed by atoms with Crippen LogP contribution in [0.2, 0.25) is 0 Å². The second-order valence-corrected chi connectivity index (χ2v) is 5.13. The van der Waals surface area contributed by atoms with Gasteiger partial charge in [-0.15, -0.1) is 11.3 Å². The molecule has 0 aliphatic heterocycles. The number of hydrogen-bond acceptors (Lipinski definition) is 4. The minimum atomic E-state index is 0.0473. The maximum absolute atomic E-state index is 11.2. The highest BCUT2D eigenvalue weighted by molar-refractivity contribution is 7.13. The zero-order valence-electron chi connectivity index (χ0n) is 11.2. The Bertz CT molecular complexity index is 358. The second-order valence-electron chi connectivity index (χ2n) is 4.29. The van der Waals surface area contributed by atoms with Crippen molar-refractivity contribution in [2.45, 2.75) is 40.5 Å². The summed E-state index contributed by atoms with van der Waals surface area (Å²) in [6.45, 7) is 10.1. The van der Waals surface area contributed by atoms with Crippen molar-refractivity contribution in [1.82, 2.24) is 4.98 Å². The molecule has 0 radical (unpaired) electrons. The van der Waals surface area contributed by atoms with Crippen molar-refractivity contribution < 1.29 is 4.79 Å². The highest BCUT2D eigenvalue weighted by Gasteiger charge is 2.14. The number of nitrogens with zero attached hydrogens (tertiary/aromatic N) is 2. The van der Waals surface area contributed by atoms with E-state index in [0.717, 1.165) is 18.2 Å². The summed E-state index contributed by atoms with van der Waals surface area (Å²) in [4.78, 5) is 17.9. The van der Waals surface area contributed by atoms with Crippen molar-refractivity contribution in [1.29, 1.82) is 0 Å². The fourth-order valence-electron chi connectivity index (χ4n) is 1.77. The van der Waals surface area contributed by atoms with Crippen molar-refractivity contribution in [2.24, 2.45) is 5.92 Å². The molecular weight excluding hydrogens is 232 g/mol. The van der Waals surface area contributed by atoms with Crippen LogP contribution in [0.3, 0.4) is 0 Å². The average Bonchev–Trinajstić information content (AvgIpc) is 2.80. The molecule has 0 spiro atoms. The van der Waals surface area contributed by atoms with Gasteiger partial charge in [0.2, 0.25) is 0 Å². The molecule has 0 unspecified atom stereocenters. The van der Waals surface area contributed by atoms with Crippen molar-refractivity contribution in [3.8, 4) is 0 Å². The van der Waals surface area contributed by atoms with Crippen LogP contribution in [-0.2, 0) is 0 Å². The van der Waals surface area contributed by atoms with Crippen LogP contribution in [0.4, 0.5) is 5.13 Å². The Balaban J connectivity index is 2.75. The zero-order valence-corrected chi connectivity index (χ0v) is 12.0. The first-order valence-electron chi connectivity index (χ1n) is 6.33. The Kier molecular flexibility index (Phi) is 5.62. The highest BCUT2D eigenvalue weighted by atomic mass is 32.1. The van der Waals surface area contributed by atoms with Gasteiger partial charge in [0.25, 0.3) is 0 Å². The maximum atomic E-state index is 11.2. The third kappa shape index (κ3) is 3.80. The third-order valence-electron chi connectivity index (χ3n) is 3.14. The zero-order chi connectivity index (χ0) is 12.8. The molecule has 0 saturated carbocycles. The van der Waals surface area contributed by atoms with E-state index >= 15 is 0 Å². The average molecular weight is 254 g/mol. The number of Topliss-reactive ketones (excluding diaryl/α,β-unsaturated/α-hetero) is 1. The molecule has 1 rings (SSSR count). The van der Waals surface area contributed by atoms with Crippen LogP contribution in [0.15, 0.2) is 5.38 Å². The first-order chi connectivity index (χ1) is 8.12. The summed E-state index contributed by atoms with van der Waals surface area (Å²) in [6, 6.07) is 0. The quantitative estimate of drug-likeness (QED) is 0.697. The molecule has 1 aromatic rings. The molecule has 1 heterocycles. The highest BCUT2D eigenvalue weighted by Crippen LogP contribution is 2.23. The number of anilines is 1. The Labute approximate surface area is 108 Å². The van der Waals surface area contributed by atoms with Crippen molar-refractivity contribution in [3.63, 3.8) is 0 Å². The topological polar surface area (TPSA) is 33.2 Å². The lowest BCUT2D eigenvalue weighted by Crippen LogP contribution is -2.28. The molecule has 0 atom stereocenters. The smallest absolute Gasteiger partial charge is 0.185 e. The summed E-state index contributed by atoms with van der Waals surface area (Å²) in [5.41, 5.74) is 0.591. The third-order valence-corrected chi connectivity index (χ3v) is 4.04. The molecule has 0 N–H and O–H groups in total. The van der Waals surface area contributed by atoms with Gasteiger partial charge in [0, 0.05) is 25.4 Å². The number of thiazole rings is 1. The summed E-state index contributed by atoms with van der Waals surface area (Å²) in [5, 5.41) is 2.83. The molecule has 0 aliphatic rings. The van der Waals surface area contributed by atoms with Gasteiger partial charge in [0.05, 0.1) is 0 Å². The van der Waals surface area contributed by atoms with Gasteiger partial charge in [-0.2, -0.15) is 0 Å². The molecule has 96 valence electrons. The summed E-state index contributed by atoms with van der Waals surface area (Å²) in [5.74, 6) is 0.755. The van der Waals surface area contributed by atoms with Gasteiger partial charge >= 0.3 is 0 Å². The van der Waals surface area contributed by atoms with E-state index in [2.05, 4.69) is 30.7 Å². The number of carbonyl (C=O) groups excluding carboxylic acids is 1. The SMILES string of the molecule is CCC(CC)CN(CC)c1nc(C(C)=O)cs1. The molecule has 0 amide bonds.